The van der Waals surface area contributed by atoms with Gasteiger partial charge in [-0.3, -0.25) is 9.59 Å². The van der Waals surface area contributed by atoms with E-state index in [4.69, 9.17) is 9.47 Å². The highest BCUT2D eigenvalue weighted by atomic mass is 16.5. The molecule has 2 atom stereocenters. The number of nitrogens with zero attached hydrogens (tertiary/aromatic N) is 1. The van der Waals surface area contributed by atoms with Crippen molar-refractivity contribution in [2.75, 3.05) is 20.3 Å². The Kier molecular flexibility index (Phi) is 4.37. The zero-order chi connectivity index (χ0) is 17.4. The van der Waals surface area contributed by atoms with Crippen LogP contribution in [0.15, 0.2) is 24.3 Å². The van der Waals surface area contributed by atoms with Gasteiger partial charge in [-0.05, 0) is 49.3 Å². The second kappa shape index (κ2) is 6.67. The SMILES string of the molecule is COc1ccc(C2C(C(=O)NCC3CC3)OCC(=O)N2C2CC2)cc1. The highest BCUT2D eigenvalue weighted by Gasteiger charge is 2.47. The van der Waals surface area contributed by atoms with Crippen LogP contribution in [0.1, 0.15) is 37.3 Å². The van der Waals surface area contributed by atoms with E-state index in [1.807, 2.05) is 29.2 Å². The van der Waals surface area contributed by atoms with Gasteiger partial charge >= 0.3 is 0 Å². The molecule has 1 saturated heterocycles. The van der Waals surface area contributed by atoms with Crippen LogP contribution in [0.5, 0.6) is 5.75 Å². The van der Waals surface area contributed by atoms with E-state index in [2.05, 4.69) is 5.32 Å². The molecule has 1 aliphatic heterocycles. The van der Waals surface area contributed by atoms with Gasteiger partial charge in [-0.2, -0.15) is 0 Å². The van der Waals surface area contributed by atoms with Crippen LogP contribution in [0.4, 0.5) is 0 Å². The first kappa shape index (κ1) is 16.4. The Morgan fingerprint density at radius 1 is 1.24 bits per heavy atom. The van der Waals surface area contributed by atoms with Crippen LogP contribution in [0.25, 0.3) is 0 Å². The summed E-state index contributed by atoms with van der Waals surface area (Å²) in [6.45, 7) is 0.677. The Hall–Kier alpha value is -2.08. The van der Waals surface area contributed by atoms with Crippen molar-refractivity contribution in [1.82, 2.24) is 10.2 Å². The Morgan fingerprint density at radius 3 is 2.56 bits per heavy atom. The summed E-state index contributed by atoms with van der Waals surface area (Å²) in [5.41, 5.74) is 0.910. The summed E-state index contributed by atoms with van der Waals surface area (Å²) in [7, 11) is 1.62. The summed E-state index contributed by atoms with van der Waals surface area (Å²) in [4.78, 5) is 27.1. The summed E-state index contributed by atoms with van der Waals surface area (Å²) >= 11 is 0. The van der Waals surface area contributed by atoms with Gasteiger partial charge < -0.3 is 19.7 Å². The molecule has 2 saturated carbocycles. The fourth-order valence-corrected chi connectivity index (χ4v) is 3.43. The molecule has 0 aromatic heterocycles. The molecule has 134 valence electrons. The lowest BCUT2D eigenvalue weighted by atomic mass is 9.96. The zero-order valence-electron chi connectivity index (χ0n) is 14.4. The molecule has 1 aromatic rings. The van der Waals surface area contributed by atoms with E-state index in [1.54, 1.807) is 7.11 Å². The van der Waals surface area contributed by atoms with Crippen molar-refractivity contribution < 1.29 is 19.1 Å². The first-order valence-electron chi connectivity index (χ1n) is 9.02. The maximum atomic E-state index is 12.7. The van der Waals surface area contributed by atoms with Crippen LogP contribution < -0.4 is 10.1 Å². The van der Waals surface area contributed by atoms with E-state index in [9.17, 15) is 9.59 Å². The lowest BCUT2D eigenvalue weighted by molar-refractivity contribution is -0.165. The fourth-order valence-electron chi connectivity index (χ4n) is 3.43. The van der Waals surface area contributed by atoms with Crippen molar-refractivity contribution in [1.29, 1.82) is 0 Å². The van der Waals surface area contributed by atoms with Crippen molar-refractivity contribution >= 4 is 11.8 Å². The van der Waals surface area contributed by atoms with Crippen LogP contribution in [0.3, 0.4) is 0 Å². The molecule has 0 spiro atoms. The summed E-state index contributed by atoms with van der Waals surface area (Å²) < 4.78 is 10.9. The van der Waals surface area contributed by atoms with Gasteiger partial charge in [-0.25, -0.2) is 0 Å². The van der Waals surface area contributed by atoms with E-state index >= 15 is 0 Å². The van der Waals surface area contributed by atoms with Gasteiger partial charge in [-0.1, -0.05) is 12.1 Å². The predicted octanol–water partition coefficient (Wildman–Crippen LogP) is 1.65. The number of carbonyl (C=O) groups excluding carboxylic acids is 2. The molecule has 1 aromatic carbocycles. The fraction of sp³-hybridized carbons (Fsp3) is 0.579. The summed E-state index contributed by atoms with van der Waals surface area (Å²) in [5.74, 6) is 1.20. The van der Waals surface area contributed by atoms with E-state index in [-0.39, 0.29) is 30.5 Å². The van der Waals surface area contributed by atoms with Gasteiger partial charge in [0.1, 0.15) is 12.4 Å². The Morgan fingerprint density at radius 2 is 1.96 bits per heavy atom. The Bertz CT molecular complexity index is 652. The maximum Gasteiger partial charge on any atom is 0.251 e. The predicted molar refractivity (Wildman–Crippen MR) is 91.1 cm³/mol. The average Bonchev–Trinajstić information content (AvgIpc) is 3.53. The number of rotatable bonds is 6. The van der Waals surface area contributed by atoms with Crippen LogP contribution >= 0.6 is 0 Å². The molecule has 25 heavy (non-hydrogen) atoms. The number of morpholine rings is 1. The number of methoxy groups -OCH3 is 1. The van der Waals surface area contributed by atoms with Crippen LogP contribution in [-0.4, -0.2) is 49.1 Å². The minimum Gasteiger partial charge on any atom is -0.497 e. The first-order chi connectivity index (χ1) is 12.2. The summed E-state index contributed by atoms with van der Waals surface area (Å²) in [5, 5.41) is 3.00. The van der Waals surface area contributed by atoms with E-state index < -0.39 is 6.10 Å². The third kappa shape index (κ3) is 3.49. The lowest BCUT2D eigenvalue weighted by Crippen LogP contribution is -2.55. The average molecular weight is 344 g/mol. The Labute approximate surface area is 147 Å². The molecule has 2 unspecified atom stereocenters. The maximum absolute atomic E-state index is 12.7. The number of amides is 2. The number of carbonyl (C=O) groups is 2. The number of benzene rings is 1. The molecule has 0 radical (unpaired) electrons. The number of nitrogens with one attached hydrogen (secondary N) is 1. The number of ether oxygens (including phenoxy) is 2. The highest BCUT2D eigenvalue weighted by molar-refractivity contribution is 5.86. The molecule has 1 N–H and O–H groups in total. The molecule has 6 heteroatoms. The molecule has 2 amide bonds. The number of hydrogen-bond donors (Lipinski definition) is 1. The van der Waals surface area contributed by atoms with Gasteiger partial charge in [0.2, 0.25) is 5.91 Å². The largest absolute Gasteiger partial charge is 0.497 e. The van der Waals surface area contributed by atoms with Gasteiger partial charge in [-0.15, -0.1) is 0 Å². The Balaban J connectivity index is 1.60. The van der Waals surface area contributed by atoms with E-state index in [0.717, 1.165) is 24.2 Å². The lowest BCUT2D eigenvalue weighted by Gasteiger charge is -2.40. The standard InChI is InChI=1S/C19H24N2O4/c1-24-15-8-4-13(5-9-15)17-18(19(23)20-10-12-2-3-12)25-11-16(22)21(17)14-6-7-14/h4-5,8-9,12,14,17-18H,2-3,6-7,10-11H2,1H3,(H,20,23). The van der Waals surface area contributed by atoms with Crippen molar-refractivity contribution in [3.63, 3.8) is 0 Å². The molecule has 3 fully saturated rings. The van der Waals surface area contributed by atoms with Crippen LogP contribution in [0.2, 0.25) is 0 Å². The molecule has 2 aliphatic carbocycles. The van der Waals surface area contributed by atoms with Gasteiger partial charge in [0.15, 0.2) is 6.10 Å². The molecular formula is C19H24N2O4. The number of hydrogen-bond acceptors (Lipinski definition) is 4. The molecule has 4 rings (SSSR count). The normalized spacial score (nSPS) is 26.4. The van der Waals surface area contributed by atoms with Crippen molar-refractivity contribution in [2.45, 2.75) is 43.9 Å². The second-order valence-electron chi connectivity index (χ2n) is 7.17. The third-order valence-electron chi connectivity index (χ3n) is 5.18. The highest BCUT2D eigenvalue weighted by Crippen LogP contribution is 2.40. The van der Waals surface area contributed by atoms with Gasteiger partial charge in [0, 0.05) is 12.6 Å². The van der Waals surface area contributed by atoms with E-state index in [0.29, 0.717) is 12.5 Å². The van der Waals surface area contributed by atoms with Gasteiger partial charge in [0.25, 0.3) is 5.91 Å². The molecule has 0 bridgehead atoms. The third-order valence-corrected chi connectivity index (χ3v) is 5.18. The summed E-state index contributed by atoms with van der Waals surface area (Å²) in [6, 6.07) is 7.41. The van der Waals surface area contributed by atoms with E-state index in [1.165, 1.54) is 12.8 Å². The zero-order valence-corrected chi connectivity index (χ0v) is 14.4. The summed E-state index contributed by atoms with van der Waals surface area (Å²) in [6.07, 6.45) is 3.69. The van der Waals surface area contributed by atoms with Crippen molar-refractivity contribution in [2.24, 2.45) is 5.92 Å². The quantitative estimate of drug-likeness (QED) is 0.852. The molecule has 6 nitrogen and oxygen atoms in total. The molecule has 1 heterocycles. The first-order valence-corrected chi connectivity index (χ1v) is 9.02. The minimum absolute atomic E-state index is 0.0231. The second-order valence-corrected chi connectivity index (χ2v) is 7.17. The molecule has 3 aliphatic rings. The monoisotopic (exact) mass is 344 g/mol. The van der Waals surface area contributed by atoms with Crippen LogP contribution in [-0.2, 0) is 14.3 Å². The minimum atomic E-state index is -0.662. The molecular weight excluding hydrogens is 320 g/mol. The smallest absolute Gasteiger partial charge is 0.251 e. The van der Waals surface area contributed by atoms with Crippen molar-refractivity contribution in [3.05, 3.63) is 29.8 Å². The topological polar surface area (TPSA) is 67.9 Å². The van der Waals surface area contributed by atoms with Crippen molar-refractivity contribution in [3.8, 4) is 5.75 Å². The van der Waals surface area contributed by atoms with Crippen LogP contribution in [0, 0.1) is 5.92 Å². The van der Waals surface area contributed by atoms with Gasteiger partial charge in [0.05, 0.1) is 13.2 Å².